The van der Waals surface area contributed by atoms with Crippen LogP contribution in [0.3, 0.4) is 0 Å². The second kappa shape index (κ2) is 4.28. The van der Waals surface area contributed by atoms with Gasteiger partial charge in [-0.05, 0) is 31.9 Å². The van der Waals surface area contributed by atoms with E-state index >= 15 is 0 Å². The summed E-state index contributed by atoms with van der Waals surface area (Å²) in [6, 6.07) is 6.57. The molecule has 2 unspecified atom stereocenters. The molecule has 0 saturated carbocycles. The van der Waals surface area contributed by atoms with Crippen LogP contribution in [0.25, 0.3) is 0 Å². The molecule has 2 fully saturated rings. The minimum atomic E-state index is -0.524. The number of hydrogen-bond acceptors (Lipinski definition) is 4. The lowest BCUT2D eigenvalue weighted by Gasteiger charge is -2.30. The Bertz CT molecular complexity index is 559. The van der Waals surface area contributed by atoms with Crippen LogP contribution in [-0.2, 0) is 14.3 Å². The van der Waals surface area contributed by atoms with E-state index in [9.17, 15) is 14.4 Å². The summed E-state index contributed by atoms with van der Waals surface area (Å²) < 4.78 is 5.34. The number of hydrogen-bond donors (Lipinski definition) is 0. The number of fused-ring (bicyclic) bond motifs is 2. The van der Waals surface area contributed by atoms with Gasteiger partial charge in [0.05, 0.1) is 5.69 Å². The van der Waals surface area contributed by atoms with Crippen LogP contribution in [0.5, 0.6) is 0 Å². The molecule has 2 atom stereocenters. The van der Waals surface area contributed by atoms with Gasteiger partial charge in [-0.15, -0.1) is 0 Å². The van der Waals surface area contributed by atoms with Gasteiger partial charge in [0.25, 0.3) is 11.8 Å². The molecule has 2 amide bonds. The molecule has 2 saturated heterocycles. The van der Waals surface area contributed by atoms with Gasteiger partial charge >= 0.3 is 0 Å². The zero-order chi connectivity index (χ0) is 13.6. The number of Topliss-reactive ketones (excluding diaryl/α,β-unsaturated/α-hetero) is 1. The molecule has 1 aromatic carbocycles. The quantitative estimate of drug-likeness (QED) is 0.593. The molecular formula is C14H13NO4. The third-order valence-corrected chi connectivity index (χ3v) is 3.52. The lowest BCUT2D eigenvalue weighted by atomic mass is 10.1. The number of ether oxygens (including phenoxy) is 1. The van der Waals surface area contributed by atoms with Crippen LogP contribution in [0.4, 0.5) is 5.69 Å². The number of carbonyl (C=O) groups excluding carboxylic acids is 3. The van der Waals surface area contributed by atoms with Crippen molar-refractivity contribution in [2.24, 2.45) is 0 Å². The number of nitrogens with zero attached hydrogens (tertiary/aromatic N) is 1. The van der Waals surface area contributed by atoms with Crippen LogP contribution in [0.15, 0.2) is 24.3 Å². The Morgan fingerprint density at radius 3 is 2.42 bits per heavy atom. The maximum atomic E-state index is 12.2. The van der Waals surface area contributed by atoms with Crippen molar-refractivity contribution in [3.63, 3.8) is 0 Å². The zero-order valence-corrected chi connectivity index (χ0v) is 10.5. The number of ketones is 1. The molecule has 5 heteroatoms. The van der Waals surface area contributed by atoms with Crippen molar-refractivity contribution in [3.8, 4) is 0 Å². The molecule has 2 aliphatic rings. The SMILES string of the molecule is CC(=O)c1cccc(N2C(=O)C3CCC(O3)C2=O)c1. The Labute approximate surface area is 110 Å². The number of rotatable bonds is 2. The van der Waals surface area contributed by atoms with Gasteiger partial charge in [0.1, 0.15) is 12.2 Å². The first-order valence-electron chi connectivity index (χ1n) is 6.22. The Kier molecular flexibility index (Phi) is 2.71. The summed E-state index contributed by atoms with van der Waals surface area (Å²) in [6.07, 6.45) is 0.114. The molecule has 19 heavy (non-hydrogen) atoms. The number of anilines is 1. The van der Waals surface area contributed by atoms with Gasteiger partial charge in [-0.1, -0.05) is 12.1 Å². The highest BCUT2D eigenvalue weighted by atomic mass is 16.5. The molecule has 1 aromatic rings. The van der Waals surface area contributed by atoms with E-state index in [0.29, 0.717) is 24.1 Å². The summed E-state index contributed by atoms with van der Waals surface area (Å²) in [4.78, 5) is 36.9. The third-order valence-electron chi connectivity index (χ3n) is 3.52. The van der Waals surface area contributed by atoms with Crippen LogP contribution < -0.4 is 4.90 Å². The van der Waals surface area contributed by atoms with Crippen molar-refractivity contribution >= 4 is 23.3 Å². The number of carbonyl (C=O) groups is 3. The van der Waals surface area contributed by atoms with E-state index in [-0.39, 0.29) is 17.6 Å². The normalized spacial score (nSPS) is 25.8. The fourth-order valence-electron chi connectivity index (χ4n) is 2.52. The van der Waals surface area contributed by atoms with Crippen LogP contribution in [0.1, 0.15) is 30.1 Å². The van der Waals surface area contributed by atoms with Gasteiger partial charge < -0.3 is 4.74 Å². The van der Waals surface area contributed by atoms with E-state index in [2.05, 4.69) is 0 Å². The zero-order valence-electron chi connectivity index (χ0n) is 10.5. The van der Waals surface area contributed by atoms with Gasteiger partial charge in [-0.3, -0.25) is 14.4 Å². The Morgan fingerprint density at radius 2 is 1.84 bits per heavy atom. The first-order valence-corrected chi connectivity index (χ1v) is 6.22. The molecule has 0 aliphatic carbocycles. The molecule has 2 aliphatic heterocycles. The minimum Gasteiger partial charge on any atom is -0.355 e. The van der Waals surface area contributed by atoms with Crippen LogP contribution in [-0.4, -0.2) is 29.8 Å². The molecule has 2 heterocycles. The van der Waals surface area contributed by atoms with Crippen molar-refractivity contribution in [2.75, 3.05) is 4.90 Å². The van der Waals surface area contributed by atoms with Crippen molar-refractivity contribution in [1.29, 1.82) is 0 Å². The number of amides is 2. The summed E-state index contributed by atoms with van der Waals surface area (Å²) in [5.74, 6) is -0.767. The lowest BCUT2D eigenvalue weighted by Crippen LogP contribution is -2.52. The van der Waals surface area contributed by atoms with Gasteiger partial charge in [0.2, 0.25) is 0 Å². The number of benzene rings is 1. The summed E-state index contributed by atoms with van der Waals surface area (Å²) in [5, 5.41) is 0. The topological polar surface area (TPSA) is 63.7 Å². The molecule has 0 spiro atoms. The smallest absolute Gasteiger partial charge is 0.262 e. The van der Waals surface area contributed by atoms with E-state index < -0.39 is 12.2 Å². The second-order valence-electron chi connectivity index (χ2n) is 4.81. The molecule has 0 N–H and O–H groups in total. The number of imide groups is 1. The predicted octanol–water partition coefficient (Wildman–Crippen LogP) is 1.31. The molecule has 3 rings (SSSR count). The molecule has 0 aromatic heterocycles. The Balaban J connectivity index is 2.01. The summed E-state index contributed by atoms with van der Waals surface area (Å²) >= 11 is 0. The van der Waals surface area contributed by atoms with Gasteiger partial charge in [-0.2, -0.15) is 0 Å². The van der Waals surface area contributed by atoms with Crippen molar-refractivity contribution in [2.45, 2.75) is 32.0 Å². The van der Waals surface area contributed by atoms with E-state index in [1.165, 1.54) is 6.92 Å². The molecule has 5 nitrogen and oxygen atoms in total. The summed E-state index contributed by atoms with van der Waals surface area (Å²) in [7, 11) is 0. The maximum absolute atomic E-state index is 12.2. The molecular weight excluding hydrogens is 246 g/mol. The largest absolute Gasteiger partial charge is 0.355 e. The first kappa shape index (κ1) is 12.0. The minimum absolute atomic E-state index is 0.0991. The average molecular weight is 259 g/mol. The van der Waals surface area contributed by atoms with Gasteiger partial charge in [0, 0.05) is 5.56 Å². The van der Waals surface area contributed by atoms with E-state index in [4.69, 9.17) is 4.74 Å². The molecule has 98 valence electrons. The Morgan fingerprint density at radius 1 is 1.21 bits per heavy atom. The lowest BCUT2D eigenvalue weighted by molar-refractivity contribution is -0.146. The predicted molar refractivity (Wildman–Crippen MR) is 66.8 cm³/mol. The van der Waals surface area contributed by atoms with Crippen LogP contribution >= 0.6 is 0 Å². The van der Waals surface area contributed by atoms with E-state index in [1.807, 2.05) is 0 Å². The standard InChI is InChI=1S/C14H13NO4/c1-8(16)9-3-2-4-10(7-9)15-13(17)11-5-6-12(19-11)14(15)18/h2-4,7,11-12H,5-6H2,1H3. The monoisotopic (exact) mass is 259 g/mol. The second-order valence-corrected chi connectivity index (χ2v) is 4.81. The highest BCUT2D eigenvalue weighted by molar-refractivity contribution is 6.20. The fraction of sp³-hybridized carbons (Fsp3) is 0.357. The maximum Gasteiger partial charge on any atom is 0.262 e. The first-order chi connectivity index (χ1) is 9.08. The average Bonchev–Trinajstić information content (AvgIpc) is 2.84. The third kappa shape index (κ3) is 1.86. The highest BCUT2D eigenvalue weighted by Crippen LogP contribution is 2.31. The molecule has 2 bridgehead atoms. The highest BCUT2D eigenvalue weighted by Gasteiger charge is 2.47. The van der Waals surface area contributed by atoms with Crippen LogP contribution in [0, 0.1) is 0 Å². The molecule has 0 radical (unpaired) electrons. The Hall–Kier alpha value is -2.01. The van der Waals surface area contributed by atoms with Crippen LogP contribution in [0.2, 0.25) is 0 Å². The summed E-state index contributed by atoms with van der Waals surface area (Å²) in [5.41, 5.74) is 0.930. The van der Waals surface area contributed by atoms with E-state index in [0.717, 1.165) is 4.90 Å². The van der Waals surface area contributed by atoms with E-state index in [1.54, 1.807) is 24.3 Å². The van der Waals surface area contributed by atoms with Crippen molar-refractivity contribution < 1.29 is 19.1 Å². The van der Waals surface area contributed by atoms with Gasteiger partial charge in [0.15, 0.2) is 5.78 Å². The fourth-order valence-corrected chi connectivity index (χ4v) is 2.52. The summed E-state index contributed by atoms with van der Waals surface area (Å²) in [6.45, 7) is 1.45. The van der Waals surface area contributed by atoms with Crippen molar-refractivity contribution in [3.05, 3.63) is 29.8 Å². The number of morpholine rings is 1. The van der Waals surface area contributed by atoms with Gasteiger partial charge in [-0.25, -0.2) is 4.90 Å². The van der Waals surface area contributed by atoms with Crippen molar-refractivity contribution in [1.82, 2.24) is 0 Å².